The summed E-state index contributed by atoms with van der Waals surface area (Å²) in [6, 6.07) is 6.03. The molecular weight excluding hydrogens is 318 g/mol. The Morgan fingerprint density at radius 3 is 2.87 bits per heavy atom. The molecule has 2 aliphatic rings. The Morgan fingerprint density at radius 2 is 2.09 bits per heavy atom. The molecule has 0 aliphatic carbocycles. The lowest BCUT2D eigenvalue weighted by molar-refractivity contribution is -0.0622. The summed E-state index contributed by atoms with van der Waals surface area (Å²) in [5.74, 6) is 2.14. The van der Waals surface area contributed by atoms with Crippen LogP contribution in [0.2, 0.25) is 0 Å². The molecule has 4 rings (SSSR count). The number of fused-ring (bicyclic) bond motifs is 1. The number of nitrogens with zero attached hydrogens (tertiary/aromatic N) is 2. The average molecular weight is 338 g/mol. The van der Waals surface area contributed by atoms with Gasteiger partial charge >= 0.3 is 0 Å². The van der Waals surface area contributed by atoms with E-state index in [4.69, 9.17) is 14.0 Å². The summed E-state index contributed by atoms with van der Waals surface area (Å²) in [5.41, 5.74) is 1.70. The van der Waals surface area contributed by atoms with E-state index in [1.807, 2.05) is 12.1 Å². The topological polar surface area (TPSA) is 69.4 Å². The fourth-order valence-electron chi connectivity index (χ4n) is 3.19. The molecule has 0 amide bonds. The number of aromatic nitrogens is 2. The van der Waals surface area contributed by atoms with Gasteiger partial charge in [0.25, 0.3) is 5.89 Å². The maximum atomic E-state index is 5.73. The quantitative estimate of drug-likeness (QED) is 0.927. The van der Waals surface area contributed by atoms with Crippen LogP contribution in [0.5, 0.6) is 5.75 Å². The van der Waals surface area contributed by atoms with Crippen LogP contribution in [0.3, 0.4) is 0 Å². The van der Waals surface area contributed by atoms with Crippen molar-refractivity contribution in [3.8, 4) is 17.1 Å². The van der Waals surface area contributed by atoms with Crippen molar-refractivity contribution < 1.29 is 14.0 Å². The summed E-state index contributed by atoms with van der Waals surface area (Å²) in [4.78, 5) is 4.60. The number of ether oxygens (including phenoxy) is 2. The highest BCUT2D eigenvalue weighted by molar-refractivity contribution is 5.85. The zero-order valence-corrected chi connectivity index (χ0v) is 13.8. The van der Waals surface area contributed by atoms with Crippen LogP contribution in [0.25, 0.3) is 11.4 Å². The first-order chi connectivity index (χ1) is 10.8. The highest BCUT2D eigenvalue weighted by Crippen LogP contribution is 2.35. The molecular formula is C16H20ClN3O3. The van der Waals surface area contributed by atoms with Crippen LogP contribution in [-0.4, -0.2) is 36.9 Å². The number of rotatable bonds is 3. The molecule has 7 heteroatoms. The minimum absolute atomic E-state index is 0. The van der Waals surface area contributed by atoms with Gasteiger partial charge in [0.05, 0.1) is 6.61 Å². The zero-order chi connectivity index (χ0) is 15.0. The molecule has 1 aromatic carbocycles. The number of halogens is 1. The minimum Gasteiger partial charge on any atom is -0.493 e. The Bertz CT molecular complexity index is 683. The maximum Gasteiger partial charge on any atom is 0.259 e. The monoisotopic (exact) mass is 337 g/mol. The normalized spacial score (nSPS) is 18.8. The number of benzene rings is 1. The molecule has 1 fully saturated rings. The Hall–Kier alpha value is -1.63. The van der Waals surface area contributed by atoms with Gasteiger partial charge in [-0.1, -0.05) is 5.16 Å². The van der Waals surface area contributed by atoms with Crippen molar-refractivity contribution >= 4 is 12.4 Å². The van der Waals surface area contributed by atoms with E-state index in [9.17, 15) is 0 Å². The average Bonchev–Trinajstić information content (AvgIpc) is 3.24. The summed E-state index contributed by atoms with van der Waals surface area (Å²) in [6.45, 7) is 2.53. The molecule has 23 heavy (non-hydrogen) atoms. The van der Waals surface area contributed by atoms with Crippen molar-refractivity contribution in [2.45, 2.75) is 24.9 Å². The van der Waals surface area contributed by atoms with Crippen LogP contribution in [0, 0.1) is 0 Å². The van der Waals surface area contributed by atoms with E-state index in [0.29, 0.717) is 11.7 Å². The van der Waals surface area contributed by atoms with Crippen molar-refractivity contribution in [3.05, 3.63) is 29.7 Å². The standard InChI is InChI=1S/C16H19N3O3.ClH/c1-20-16(5-7-17-8-6-16)15-18-14(19-22-15)12-2-3-13-11(10-12)4-9-21-13;/h2-3,10,17H,4-9H2,1H3;1H. The van der Waals surface area contributed by atoms with E-state index < -0.39 is 5.60 Å². The van der Waals surface area contributed by atoms with Gasteiger partial charge in [0, 0.05) is 19.1 Å². The summed E-state index contributed by atoms with van der Waals surface area (Å²) < 4.78 is 16.8. The fraction of sp³-hybridized carbons (Fsp3) is 0.500. The van der Waals surface area contributed by atoms with Crippen LogP contribution in [0.15, 0.2) is 22.7 Å². The van der Waals surface area contributed by atoms with Crippen molar-refractivity contribution in [1.82, 2.24) is 15.5 Å². The van der Waals surface area contributed by atoms with E-state index in [-0.39, 0.29) is 12.4 Å². The molecule has 2 aliphatic heterocycles. The highest BCUT2D eigenvalue weighted by atomic mass is 35.5. The molecule has 2 aromatic rings. The molecule has 0 bridgehead atoms. The highest BCUT2D eigenvalue weighted by Gasteiger charge is 2.39. The van der Waals surface area contributed by atoms with Crippen LogP contribution in [0.4, 0.5) is 0 Å². The summed E-state index contributed by atoms with van der Waals surface area (Å²) in [7, 11) is 1.71. The van der Waals surface area contributed by atoms with Crippen LogP contribution in [-0.2, 0) is 16.8 Å². The van der Waals surface area contributed by atoms with Gasteiger partial charge in [-0.2, -0.15) is 4.98 Å². The number of hydrogen-bond acceptors (Lipinski definition) is 6. The number of methoxy groups -OCH3 is 1. The molecule has 1 saturated heterocycles. The van der Waals surface area contributed by atoms with Crippen molar-refractivity contribution in [1.29, 1.82) is 0 Å². The third kappa shape index (κ3) is 2.82. The molecule has 6 nitrogen and oxygen atoms in total. The first kappa shape index (κ1) is 16.2. The minimum atomic E-state index is -0.462. The van der Waals surface area contributed by atoms with Gasteiger partial charge in [0.15, 0.2) is 0 Å². The molecule has 0 radical (unpaired) electrons. The Morgan fingerprint density at radius 1 is 1.26 bits per heavy atom. The fourth-order valence-corrected chi connectivity index (χ4v) is 3.19. The summed E-state index contributed by atoms with van der Waals surface area (Å²) in [6.07, 6.45) is 2.61. The molecule has 1 N–H and O–H groups in total. The van der Waals surface area contributed by atoms with Crippen LogP contribution >= 0.6 is 12.4 Å². The third-order valence-corrected chi connectivity index (χ3v) is 4.57. The number of nitrogens with one attached hydrogen (secondary N) is 1. The van der Waals surface area contributed by atoms with Gasteiger partial charge < -0.3 is 19.3 Å². The molecule has 0 unspecified atom stereocenters. The Labute approximate surface area is 141 Å². The van der Waals surface area contributed by atoms with Crippen molar-refractivity contribution in [2.24, 2.45) is 0 Å². The Balaban J connectivity index is 0.00000156. The van der Waals surface area contributed by atoms with E-state index in [0.717, 1.165) is 50.3 Å². The lowest BCUT2D eigenvalue weighted by Gasteiger charge is -2.32. The SMILES string of the molecule is COC1(c2nc(-c3ccc4c(c3)CCO4)no2)CCNCC1.Cl. The summed E-state index contributed by atoms with van der Waals surface area (Å²) in [5, 5.41) is 7.48. The van der Waals surface area contributed by atoms with Gasteiger partial charge in [-0.15, -0.1) is 12.4 Å². The second kappa shape index (κ2) is 6.47. The number of hydrogen-bond donors (Lipinski definition) is 1. The van der Waals surface area contributed by atoms with Crippen LogP contribution in [0.1, 0.15) is 24.3 Å². The predicted molar refractivity (Wildman–Crippen MR) is 87.0 cm³/mol. The van der Waals surface area contributed by atoms with Gasteiger partial charge in [-0.3, -0.25) is 0 Å². The van der Waals surface area contributed by atoms with Crippen molar-refractivity contribution in [2.75, 3.05) is 26.8 Å². The maximum absolute atomic E-state index is 5.73. The van der Waals surface area contributed by atoms with Crippen LogP contribution < -0.4 is 10.1 Å². The molecule has 0 saturated carbocycles. The third-order valence-electron chi connectivity index (χ3n) is 4.57. The largest absolute Gasteiger partial charge is 0.493 e. The molecule has 0 spiro atoms. The number of piperidine rings is 1. The molecule has 124 valence electrons. The lowest BCUT2D eigenvalue weighted by Crippen LogP contribution is -2.41. The van der Waals surface area contributed by atoms with E-state index in [1.165, 1.54) is 5.56 Å². The first-order valence-corrected chi connectivity index (χ1v) is 7.67. The van der Waals surface area contributed by atoms with Crippen molar-refractivity contribution in [3.63, 3.8) is 0 Å². The lowest BCUT2D eigenvalue weighted by atomic mass is 9.92. The van der Waals surface area contributed by atoms with Gasteiger partial charge in [0.1, 0.15) is 11.4 Å². The van der Waals surface area contributed by atoms with E-state index >= 15 is 0 Å². The zero-order valence-electron chi connectivity index (χ0n) is 13.0. The predicted octanol–water partition coefficient (Wildman–Crippen LogP) is 2.32. The second-order valence-electron chi connectivity index (χ2n) is 5.79. The van der Waals surface area contributed by atoms with Gasteiger partial charge in [0.2, 0.25) is 5.82 Å². The smallest absolute Gasteiger partial charge is 0.259 e. The molecule has 0 atom stereocenters. The van der Waals surface area contributed by atoms with E-state index in [1.54, 1.807) is 7.11 Å². The Kier molecular flexibility index (Phi) is 4.57. The molecule has 1 aromatic heterocycles. The van der Waals surface area contributed by atoms with Gasteiger partial charge in [-0.05, 0) is 49.7 Å². The summed E-state index contributed by atoms with van der Waals surface area (Å²) >= 11 is 0. The second-order valence-corrected chi connectivity index (χ2v) is 5.79. The van der Waals surface area contributed by atoms with E-state index in [2.05, 4.69) is 21.5 Å². The first-order valence-electron chi connectivity index (χ1n) is 7.67. The molecule has 3 heterocycles. The van der Waals surface area contributed by atoms with Gasteiger partial charge in [-0.25, -0.2) is 0 Å².